The number of phenolic OH excluding ortho intramolecular Hbond substituents is 1. The van der Waals surface area contributed by atoms with Gasteiger partial charge in [-0.25, -0.2) is 8.42 Å². The number of ether oxygens (including phenoxy) is 1. The predicted octanol–water partition coefficient (Wildman–Crippen LogP) is 6.70. The molecule has 0 amide bonds. The summed E-state index contributed by atoms with van der Waals surface area (Å²) in [6.45, 7) is 6.31. The van der Waals surface area contributed by atoms with Crippen LogP contribution in [0.1, 0.15) is 57.6 Å². The second kappa shape index (κ2) is 9.06. The number of phenols is 1. The zero-order chi connectivity index (χ0) is 23.6. The topological polar surface area (TPSA) is 63.6 Å². The number of hydrogen-bond donors (Lipinski definition) is 1. The summed E-state index contributed by atoms with van der Waals surface area (Å²) in [6, 6.07) is 15.2. The molecule has 0 aliphatic heterocycles. The van der Waals surface area contributed by atoms with Crippen molar-refractivity contribution in [1.82, 2.24) is 0 Å². The molecule has 0 unspecified atom stereocenters. The number of rotatable bonds is 6. The maximum atomic E-state index is 12.9. The van der Waals surface area contributed by atoms with E-state index in [1.807, 2.05) is 49.4 Å². The maximum absolute atomic E-state index is 12.9. The Kier molecular flexibility index (Phi) is 6.35. The van der Waals surface area contributed by atoms with E-state index >= 15 is 0 Å². The molecule has 0 aromatic heterocycles. The average Bonchev–Trinajstić information content (AvgIpc) is 2.80. The third kappa shape index (κ3) is 4.98. The van der Waals surface area contributed by atoms with Gasteiger partial charge in [-0.2, -0.15) is 0 Å². The van der Waals surface area contributed by atoms with Gasteiger partial charge in [-0.05, 0) is 79.8 Å². The van der Waals surface area contributed by atoms with Gasteiger partial charge in [0.15, 0.2) is 9.84 Å². The molecule has 0 radical (unpaired) electrons. The first kappa shape index (κ1) is 23.1. The molecule has 0 heterocycles. The van der Waals surface area contributed by atoms with Crippen LogP contribution in [0.15, 0.2) is 94.0 Å². The van der Waals surface area contributed by atoms with E-state index < -0.39 is 9.84 Å². The highest BCUT2D eigenvalue weighted by Crippen LogP contribution is 2.35. The standard InChI is InChI=1S/C28H30O4S/c1-20-4-16-26(17-5-20)33(30,31)27-18-14-25(15-19-27)32-24-12-8-22(9-13-24)28(2,3)21-6-10-23(29)11-7-21/h4,6-14,16,18,29H,5,15,17,19H2,1-3H3. The van der Waals surface area contributed by atoms with E-state index in [1.165, 1.54) is 5.57 Å². The lowest BCUT2D eigenvalue weighted by Crippen LogP contribution is -2.18. The van der Waals surface area contributed by atoms with Crippen LogP contribution in [0, 0.1) is 0 Å². The lowest BCUT2D eigenvalue weighted by molar-refractivity contribution is 0.401. The average molecular weight is 463 g/mol. The Balaban J connectivity index is 1.46. The highest BCUT2D eigenvalue weighted by molar-refractivity contribution is 7.99. The minimum atomic E-state index is -3.39. The molecule has 1 N–H and O–H groups in total. The second-order valence-corrected chi connectivity index (χ2v) is 11.3. The molecule has 2 aromatic carbocycles. The molecule has 0 saturated carbocycles. The molecular formula is C28H30O4S. The summed E-state index contributed by atoms with van der Waals surface area (Å²) in [5.74, 6) is 1.74. The van der Waals surface area contributed by atoms with Crippen LogP contribution in [0.25, 0.3) is 0 Å². The highest BCUT2D eigenvalue weighted by atomic mass is 32.2. The van der Waals surface area contributed by atoms with E-state index in [1.54, 1.807) is 30.4 Å². The quantitative estimate of drug-likeness (QED) is 0.519. The van der Waals surface area contributed by atoms with E-state index in [-0.39, 0.29) is 11.2 Å². The van der Waals surface area contributed by atoms with Gasteiger partial charge in [0.1, 0.15) is 17.3 Å². The summed E-state index contributed by atoms with van der Waals surface area (Å²) >= 11 is 0. The maximum Gasteiger partial charge on any atom is 0.198 e. The van der Waals surface area contributed by atoms with Crippen LogP contribution in [0.5, 0.6) is 11.5 Å². The zero-order valence-corrected chi connectivity index (χ0v) is 20.2. The Labute approximate surface area is 196 Å². The number of allylic oxidation sites excluding steroid dienone is 8. The first-order valence-corrected chi connectivity index (χ1v) is 12.7. The number of benzene rings is 2. The van der Waals surface area contributed by atoms with Crippen LogP contribution >= 0.6 is 0 Å². The molecule has 0 fully saturated rings. The van der Waals surface area contributed by atoms with Gasteiger partial charge in [-0.3, -0.25) is 0 Å². The molecule has 4 rings (SSSR count). The van der Waals surface area contributed by atoms with Crippen molar-refractivity contribution < 1.29 is 18.3 Å². The van der Waals surface area contributed by atoms with E-state index in [2.05, 4.69) is 13.8 Å². The summed E-state index contributed by atoms with van der Waals surface area (Å²) in [7, 11) is -3.39. The molecule has 0 bridgehead atoms. The van der Waals surface area contributed by atoms with Gasteiger partial charge in [0.25, 0.3) is 0 Å². The van der Waals surface area contributed by atoms with Crippen molar-refractivity contribution in [2.75, 3.05) is 0 Å². The van der Waals surface area contributed by atoms with Crippen molar-refractivity contribution >= 4 is 9.84 Å². The summed E-state index contributed by atoms with van der Waals surface area (Å²) < 4.78 is 31.9. The SMILES string of the molecule is CC1=CC=C(S(=O)(=O)C2=CC=C(Oc3ccc(C(C)(C)c4ccc(O)cc4)cc3)CC2)CC1. The largest absolute Gasteiger partial charge is 0.508 e. The number of aromatic hydroxyl groups is 1. The Morgan fingerprint density at radius 1 is 0.758 bits per heavy atom. The third-order valence-electron chi connectivity index (χ3n) is 6.50. The molecule has 172 valence electrons. The molecule has 2 aliphatic rings. The van der Waals surface area contributed by atoms with Crippen molar-refractivity contribution in [2.45, 2.75) is 51.9 Å². The van der Waals surface area contributed by atoms with Crippen molar-refractivity contribution in [1.29, 1.82) is 0 Å². The fourth-order valence-corrected chi connectivity index (χ4v) is 5.73. The van der Waals surface area contributed by atoms with Gasteiger partial charge in [0, 0.05) is 21.6 Å². The Morgan fingerprint density at radius 3 is 1.82 bits per heavy atom. The summed E-state index contributed by atoms with van der Waals surface area (Å²) in [5, 5.41) is 9.56. The first-order chi connectivity index (χ1) is 15.7. The van der Waals surface area contributed by atoms with Crippen LogP contribution < -0.4 is 4.74 Å². The Bertz CT molecular complexity index is 1260. The summed E-state index contributed by atoms with van der Waals surface area (Å²) in [6.07, 6.45) is 9.46. The van der Waals surface area contributed by atoms with Gasteiger partial charge in [0.05, 0.1) is 0 Å². The lowest BCUT2D eigenvalue weighted by atomic mass is 9.78. The lowest BCUT2D eigenvalue weighted by Gasteiger charge is -2.26. The molecule has 5 heteroatoms. The molecule has 2 aliphatic carbocycles. The molecule has 0 spiro atoms. The molecule has 33 heavy (non-hydrogen) atoms. The van der Waals surface area contributed by atoms with E-state index in [0.29, 0.717) is 29.1 Å². The fourth-order valence-electron chi connectivity index (χ4n) is 4.16. The molecule has 0 saturated heterocycles. The van der Waals surface area contributed by atoms with Crippen molar-refractivity contribution in [3.05, 3.63) is 105 Å². The molecule has 4 nitrogen and oxygen atoms in total. The van der Waals surface area contributed by atoms with Gasteiger partial charge in [0.2, 0.25) is 0 Å². The summed E-state index contributed by atoms with van der Waals surface area (Å²) in [4.78, 5) is 0.962. The third-order valence-corrected chi connectivity index (χ3v) is 8.56. The van der Waals surface area contributed by atoms with Gasteiger partial charge in [-0.15, -0.1) is 0 Å². The highest BCUT2D eigenvalue weighted by Gasteiger charge is 2.26. The van der Waals surface area contributed by atoms with Gasteiger partial charge >= 0.3 is 0 Å². The van der Waals surface area contributed by atoms with Gasteiger partial charge < -0.3 is 9.84 Å². The van der Waals surface area contributed by atoms with Crippen LogP contribution in [0.3, 0.4) is 0 Å². The van der Waals surface area contributed by atoms with E-state index in [4.69, 9.17) is 4.74 Å². The van der Waals surface area contributed by atoms with Crippen LogP contribution in [-0.2, 0) is 15.3 Å². The van der Waals surface area contributed by atoms with Crippen LogP contribution in [0.2, 0.25) is 0 Å². The minimum absolute atomic E-state index is 0.218. The van der Waals surface area contributed by atoms with E-state index in [9.17, 15) is 13.5 Å². The summed E-state index contributed by atoms with van der Waals surface area (Å²) in [5.41, 5.74) is 3.24. The predicted molar refractivity (Wildman–Crippen MR) is 133 cm³/mol. The number of hydrogen-bond acceptors (Lipinski definition) is 4. The molecule has 2 aromatic rings. The van der Waals surface area contributed by atoms with E-state index in [0.717, 1.165) is 29.1 Å². The van der Waals surface area contributed by atoms with Crippen LogP contribution in [-0.4, -0.2) is 13.5 Å². The Hall–Kier alpha value is -3.05. The van der Waals surface area contributed by atoms with Crippen LogP contribution in [0.4, 0.5) is 0 Å². The van der Waals surface area contributed by atoms with Crippen molar-refractivity contribution in [2.24, 2.45) is 0 Å². The Morgan fingerprint density at radius 2 is 1.30 bits per heavy atom. The molecule has 0 atom stereocenters. The number of sulfone groups is 1. The van der Waals surface area contributed by atoms with Crippen molar-refractivity contribution in [3.63, 3.8) is 0 Å². The smallest absolute Gasteiger partial charge is 0.198 e. The normalized spacial score (nSPS) is 16.9. The molecular weight excluding hydrogens is 432 g/mol. The minimum Gasteiger partial charge on any atom is -0.508 e. The second-order valence-electron chi connectivity index (χ2n) is 9.21. The monoisotopic (exact) mass is 462 g/mol. The zero-order valence-electron chi connectivity index (χ0n) is 19.3. The van der Waals surface area contributed by atoms with Gasteiger partial charge in [-0.1, -0.05) is 49.8 Å². The fraction of sp³-hybridized carbons (Fsp3) is 0.286. The first-order valence-electron chi connectivity index (χ1n) is 11.3. The van der Waals surface area contributed by atoms with Crippen molar-refractivity contribution in [3.8, 4) is 11.5 Å².